The molecule has 1 aromatic rings. The number of aliphatic imine (C=N–C) groups is 1. The highest BCUT2D eigenvalue weighted by molar-refractivity contribution is 5.69. The number of carbonyl (C=O) groups excluding carboxylic acids is 2. The molecule has 1 saturated heterocycles. The topological polar surface area (TPSA) is 62.2 Å². The lowest BCUT2D eigenvalue weighted by Crippen LogP contribution is -2.50. The number of rotatable bonds is 2. The number of benzene rings is 1. The smallest absolute Gasteiger partial charge is 0.410 e. The van der Waals surface area contributed by atoms with Crippen LogP contribution in [0.2, 0.25) is 0 Å². The zero-order valence-electron chi connectivity index (χ0n) is 14.1. The first-order chi connectivity index (χ1) is 10.8. The first-order valence-corrected chi connectivity index (χ1v) is 7.71. The maximum absolute atomic E-state index is 12.1. The molecule has 1 aliphatic rings. The van der Waals surface area contributed by atoms with Crippen molar-refractivity contribution in [1.82, 2.24) is 4.90 Å². The van der Waals surface area contributed by atoms with Crippen LogP contribution in [0.5, 0.6) is 0 Å². The Morgan fingerprint density at radius 2 is 1.87 bits per heavy atom. The molecule has 6 heteroatoms. The molecule has 0 bridgehead atoms. The summed E-state index contributed by atoms with van der Waals surface area (Å²) in [6.07, 6.45) is 1.29. The summed E-state index contributed by atoms with van der Waals surface area (Å²) in [6.45, 7) is 10.3. The van der Waals surface area contributed by atoms with E-state index in [9.17, 15) is 9.59 Å². The highest BCUT2D eigenvalue weighted by Crippen LogP contribution is 2.26. The van der Waals surface area contributed by atoms with E-state index < -0.39 is 5.60 Å². The van der Waals surface area contributed by atoms with Gasteiger partial charge < -0.3 is 14.5 Å². The molecule has 1 heterocycles. The fourth-order valence-corrected chi connectivity index (χ4v) is 2.57. The average Bonchev–Trinajstić information content (AvgIpc) is 2.46. The third kappa shape index (κ3) is 4.57. The Morgan fingerprint density at radius 1 is 1.22 bits per heavy atom. The van der Waals surface area contributed by atoms with Crippen molar-refractivity contribution in [3.63, 3.8) is 0 Å². The summed E-state index contributed by atoms with van der Waals surface area (Å²) in [4.78, 5) is 30.0. The third-order valence-electron chi connectivity index (χ3n) is 3.63. The molecule has 23 heavy (non-hydrogen) atoms. The molecular weight excluding hydrogens is 294 g/mol. The van der Waals surface area contributed by atoms with Crippen molar-refractivity contribution in [2.45, 2.75) is 33.3 Å². The Labute approximate surface area is 136 Å². The number of isocyanates is 1. The highest BCUT2D eigenvalue weighted by atomic mass is 16.6. The van der Waals surface area contributed by atoms with Crippen LogP contribution >= 0.6 is 0 Å². The van der Waals surface area contributed by atoms with Crippen LogP contribution in [0.3, 0.4) is 0 Å². The standard InChI is InChI=1S/C17H23N3O3/c1-13-11-14(18-12-21)5-6-15(13)19-7-9-20(10-8-19)16(22)23-17(2,3)4/h5-6,11H,7-10H2,1-4H3. The molecule has 0 aliphatic carbocycles. The zero-order chi connectivity index (χ0) is 17.0. The van der Waals surface area contributed by atoms with Crippen molar-refractivity contribution in [2.24, 2.45) is 4.99 Å². The predicted octanol–water partition coefficient (Wildman–Crippen LogP) is 3.02. The van der Waals surface area contributed by atoms with Crippen LogP contribution in [0.1, 0.15) is 26.3 Å². The summed E-state index contributed by atoms with van der Waals surface area (Å²) in [5, 5.41) is 0. The lowest BCUT2D eigenvalue weighted by Gasteiger charge is -2.37. The third-order valence-corrected chi connectivity index (χ3v) is 3.63. The second-order valence-corrected chi connectivity index (χ2v) is 6.63. The summed E-state index contributed by atoms with van der Waals surface area (Å²) >= 11 is 0. The van der Waals surface area contributed by atoms with Crippen molar-refractivity contribution >= 4 is 23.5 Å². The molecule has 0 saturated carbocycles. The number of nitrogens with zero attached hydrogens (tertiary/aromatic N) is 3. The van der Waals surface area contributed by atoms with Crippen molar-refractivity contribution in [3.8, 4) is 0 Å². The van der Waals surface area contributed by atoms with Crippen LogP contribution in [0, 0.1) is 6.92 Å². The van der Waals surface area contributed by atoms with Crippen molar-refractivity contribution < 1.29 is 14.3 Å². The molecule has 0 N–H and O–H groups in total. The number of aryl methyl sites for hydroxylation is 1. The Balaban J connectivity index is 1.99. The van der Waals surface area contributed by atoms with Gasteiger partial charge in [-0.15, -0.1) is 0 Å². The van der Waals surface area contributed by atoms with Gasteiger partial charge in [0.1, 0.15) is 5.60 Å². The van der Waals surface area contributed by atoms with Crippen LogP contribution in [0.15, 0.2) is 23.2 Å². The maximum Gasteiger partial charge on any atom is 0.410 e. The van der Waals surface area contributed by atoms with Crippen molar-refractivity contribution in [3.05, 3.63) is 23.8 Å². The molecule has 0 aromatic heterocycles. The predicted molar refractivity (Wildman–Crippen MR) is 89.0 cm³/mol. The van der Waals surface area contributed by atoms with E-state index in [4.69, 9.17) is 4.74 Å². The Hall–Kier alpha value is -2.33. The second-order valence-electron chi connectivity index (χ2n) is 6.63. The van der Waals surface area contributed by atoms with Gasteiger partial charge in [0.25, 0.3) is 0 Å². The Morgan fingerprint density at radius 3 is 2.39 bits per heavy atom. The molecular formula is C17H23N3O3. The average molecular weight is 317 g/mol. The minimum Gasteiger partial charge on any atom is -0.444 e. The Bertz CT molecular complexity index is 622. The van der Waals surface area contributed by atoms with Gasteiger partial charge in [0, 0.05) is 31.9 Å². The highest BCUT2D eigenvalue weighted by Gasteiger charge is 2.26. The first-order valence-electron chi connectivity index (χ1n) is 7.71. The van der Waals surface area contributed by atoms with Crippen LogP contribution in [-0.4, -0.2) is 48.9 Å². The van der Waals surface area contributed by atoms with E-state index in [2.05, 4.69) is 9.89 Å². The minimum absolute atomic E-state index is 0.260. The minimum atomic E-state index is -0.472. The van der Waals surface area contributed by atoms with Gasteiger partial charge in [0.15, 0.2) is 0 Å². The molecule has 0 atom stereocenters. The van der Waals surface area contributed by atoms with Crippen LogP contribution in [0.4, 0.5) is 16.2 Å². The summed E-state index contributed by atoms with van der Waals surface area (Å²) in [5.74, 6) is 0. The lowest BCUT2D eigenvalue weighted by atomic mass is 10.1. The van der Waals surface area contributed by atoms with Gasteiger partial charge in [-0.05, 0) is 51.5 Å². The number of piperazine rings is 1. The van der Waals surface area contributed by atoms with Gasteiger partial charge in [0.05, 0.1) is 5.69 Å². The molecule has 1 amide bonds. The van der Waals surface area contributed by atoms with E-state index in [0.29, 0.717) is 18.8 Å². The number of carbonyl (C=O) groups is 1. The second kappa shape index (κ2) is 6.84. The van der Waals surface area contributed by atoms with Gasteiger partial charge in [-0.3, -0.25) is 0 Å². The van der Waals surface area contributed by atoms with Crippen molar-refractivity contribution in [2.75, 3.05) is 31.1 Å². The molecule has 124 valence electrons. The van der Waals surface area contributed by atoms with Crippen LogP contribution in [0.25, 0.3) is 0 Å². The number of amides is 1. The molecule has 6 nitrogen and oxygen atoms in total. The van der Waals surface area contributed by atoms with Gasteiger partial charge >= 0.3 is 6.09 Å². The summed E-state index contributed by atoms with van der Waals surface area (Å²) in [7, 11) is 0. The van der Waals surface area contributed by atoms with E-state index in [1.807, 2.05) is 39.8 Å². The quantitative estimate of drug-likeness (QED) is 0.621. The van der Waals surface area contributed by atoms with Gasteiger partial charge in [0.2, 0.25) is 6.08 Å². The Kier molecular flexibility index (Phi) is 5.06. The molecule has 1 aliphatic heterocycles. The SMILES string of the molecule is Cc1cc(N=C=O)ccc1N1CCN(C(=O)OC(C)(C)C)CC1. The maximum atomic E-state index is 12.1. The fraction of sp³-hybridized carbons (Fsp3) is 0.529. The van der Waals surface area contributed by atoms with Gasteiger partial charge in [-0.25, -0.2) is 9.59 Å². The van der Waals surface area contributed by atoms with Crippen LogP contribution < -0.4 is 4.90 Å². The zero-order valence-corrected chi connectivity index (χ0v) is 14.1. The van der Waals surface area contributed by atoms with E-state index >= 15 is 0 Å². The largest absolute Gasteiger partial charge is 0.444 e. The fourth-order valence-electron chi connectivity index (χ4n) is 2.57. The summed E-state index contributed by atoms with van der Waals surface area (Å²) in [6, 6.07) is 5.61. The molecule has 0 unspecified atom stereocenters. The summed E-state index contributed by atoms with van der Waals surface area (Å²) in [5.41, 5.74) is 2.28. The number of anilines is 1. The normalized spacial score (nSPS) is 15.1. The van der Waals surface area contributed by atoms with E-state index in [-0.39, 0.29) is 6.09 Å². The molecule has 1 aromatic carbocycles. The number of hydrogen-bond donors (Lipinski definition) is 0. The lowest BCUT2D eigenvalue weighted by molar-refractivity contribution is 0.0240. The van der Waals surface area contributed by atoms with E-state index in [0.717, 1.165) is 24.3 Å². The molecule has 0 radical (unpaired) electrons. The molecule has 1 fully saturated rings. The summed E-state index contributed by atoms with van der Waals surface area (Å²) < 4.78 is 5.40. The van der Waals surface area contributed by atoms with Gasteiger partial charge in [-0.1, -0.05) is 0 Å². The monoisotopic (exact) mass is 317 g/mol. The first kappa shape index (κ1) is 17.0. The van der Waals surface area contributed by atoms with Gasteiger partial charge in [-0.2, -0.15) is 4.99 Å². The van der Waals surface area contributed by atoms with Crippen LogP contribution in [-0.2, 0) is 9.53 Å². The molecule has 0 spiro atoms. The van der Waals surface area contributed by atoms with E-state index in [1.165, 1.54) is 0 Å². The number of ether oxygens (including phenoxy) is 1. The number of hydrogen-bond acceptors (Lipinski definition) is 5. The van der Waals surface area contributed by atoms with E-state index in [1.54, 1.807) is 17.0 Å². The molecule has 2 rings (SSSR count). The van der Waals surface area contributed by atoms with Crippen molar-refractivity contribution in [1.29, 1.82) is 0 Å².